The van der Waals surface area contributed by atoms with E-state index in [4.69, 9.17) is 11.6 Å². The molecule has 0 radical (unpaired) electrons. The Morgan fingerprint density at radius 1 is 1.37 bits per heavy atom. The van der Waals surface area contributed by atoms with Crippen LogP contribution in [0.4, 0.5) is 5.69 Å². The average molecular weight is 284 g/mol. The first kappa shape index (κ1) is 14.4. The van der Waals surface area contributed by atoms with Gasteiger partial charge in [0.05, 0.1) is 11.9 Å². The number of alkyl halides is 1. The van der Waals surface area contributed by atoms with Gasteiger partial charge in [0, 0.05) is 31.6 Å². The summed E-state index contributed by atoms with van der Waals surface area (Å²) < 4.78 is 1.56. The minimum Gasteiger partial charge on any atom is -0.370 e. The summed E-state index contributed by atoms with van der Waals surface area (Å²) in [5.74, 6) is 1.21. The molecular formula is C14H22ClN3O. The van der Waals surface area contributed by atoms with E-state index < -0.39 is 0 Å². The van der Waals surface area contributed by atoms with E-state index in [0.29, 0.717) is 18.3 Å². The van der Waals surface area contributed by atoms with E-state index in [9.17, 15) is 4.79 Å². The van der Waals surface area contributed by atoms with Gasteiger partial charge in [-0.25, -0.2) is 4.68 Å². The minimum atomic E-state index is 0.00229. The Balaban J connectivity index is 1.97. The summed E-state index contributed by atoms with van der Waals surface area (Å²) in [5, 5.41) is 4.28. The van der Waals surface area contributed by atoms with Gasteiger partial charge in [0.15, 0.2) is 0 Å². The standard InChI is InChI=1S/C14H22ClN3O/c1-12(4-6-15)5-9-18-14(19)10-13(11-16-18)17-7-2-3-8-17/h10-12H,2-9H2,1H3. The molecule has 106 valence electrons. The summed E-state index contributed by atoms with van der Waals surface area (Å²) in [6, 6.07) is 1.71. The number of hydrogen-bond acceptors (Lipinski definition) is 3. The second-order valence-corrected chi connectivity index (χ2v) is 5.72. The van der Waals surface area contributed by atoms with Crippen molar-refractivity contribution in [2.45, 2.75) is 39.2 Å². The lowest BCUT2D eigenvalue weighted by Crippen LogP contribution is -2.26. The van der Waals surface area contributed by atoms with E-state index in [2.05, 4.69) is 16.9 Å². The fourth-order valence-electron chi connectivity index (χ4n) is 2.41. The molecule has 1 aromatic rings. The molecule has 2 heterocycles. The molecule has 1 aliphatic rings. The number of halogens is 1. The minimum absolute atomic E-state index is 0.00229. The topological polar surface area (TPSA) is 38.1 Å². The first-order valence-electron chi connectivity index (χ1n) is 7.09. The molecule has 0 bridgehead atoms. The fourth-order valence-corrected chi connectivity index (χ4v) is 2.79. The number of aryl methyl sites for hydroxylation is 1. The number of anilines is 1. The zero-order valence-electron chi connectivity index (χ0n) is 11.5. The lowest BCUT2D eigenvalue weighted by molar-refractivity contribution is 0.439. The smallest absolute Gasteiger partial charge is 0.268 e. The van der Waals surface area contributed by atoms with Crippen molar-refractivity contribution in [2.24, 2.45) is 5.92 Å². The Hall–Kier alpha value is -1.03. The summed E-state index contributed by atoms with van der Waals surface area (Å²) >= 11 is 5.71. The molecule has 19 heavy (non-hydrogen) atoms. The van der Waals surface area contributed by atoms with Crippen LogP contribution in [0.2, 0.25) is 0 Å². The van der Waals surface area contributed by atoms with Gasteiger partial charge in [0.25, 0.3) is 5.56 Å². The van der Waals surface area contributed by atoms with Crippen LogP contribution >= 0.6 is 11.6 Å². The molecule has 0 spiro atoms. The molecule has 5 heteroatoms. The van der Waals surface area contributed by atoms with Crippen LogP contribution in [0.15, 0.2) is 17.1 Å². The number of rotatable bonds is 6. The van der Waals surface area contributed by atoms with Crippen molar-refractivity contribution in [3.8, 4) is 0 Å². The van der Waals surface area contributed by atoms with Crippen LogP contribution in [0.3, 0.4) is 0 Å². The van der Waals surface area contributed by atoms with E-state index in [1.54, 1.807) is 10.7 Å². The van der Waals surface area contributed by atoms with Gasteiger partial charge in [-0.3, -0.25) is 4.79 Å². The Bertz CT molecular complexity index is 454. The Morgan fingerprint density at radius 3 is 2.74 bits per heavy atom. The molecule has 1 fully saturated rings. The zero-order chi connectivity index (χ0) is 13.7. The predicted octanol–water partition coefficient (Wildman–Crippen LogP) is 2.50. The average Bonchev–Trinajstić information content (AvgIpc) is 2.91. The third-order valence-corrected chi connectivity index (χ3v) is 3.98. The molecule has 1 unspecified atom stereocenters. The largest absolute Gasteiger partial charge is 0.370 e. The van der Waals surface area contributed by atoms with Crippen molar-refractivity contribution in [1.29, 1.82) is 0 Å². The van der Waals surface area contributed by atoms with Crippen LogP contribution in [0, 0.1) is 5.92 Å². The van der Waals surface area contributed by atoms with E-state index in [-0.39, 0.29) is 5.56 Å². The van der Waals surface area contributed by atoms with Gasteiger partial charge < -0.3 is 4.90 Å². The van der Waals surface area contributed by atoms with Crippen LogP contribution in [-0.4, -0.2) is 28.8 Å². The van der Waals surface area contributed by atoms with Gasteiger partial charge in [-0.05, 0) is 31.6 Å². The highest BCUT2D eigenvalue weighted by atomic mass is 35.5. The maximum absolute atomic E-state index is 12.0. The molecule has 0 aromatic carbocycles. The van der Waals surface area contributed by atoms with Crippen molar-refractivity contribution < 1.29 is 0 Å². The van der Waals surface area contributed by atoms with E-state index in [1.165, 1.54) is 12.8 Å². The fraction of sp³-hybridized carbons (Fsp3) is 0.714. The molecule has 1 saturated heterocycles. The quantitative estimate of drug-likeness (QED) is 0.753. The molecule has 4 nitrogen and oxygen atoms in total. The Labute approximate surface area is 119 Å². The first-order chi connectivity index (χ1) is 9.20. The number of aromatic nitrogens is 2. The highest BCUT2D eigenvalue weighted by Gasteiger charge is 2.13. The van der Waals surface area contributed by atoms with Crippen LogP contribution < -0.4 is 10.5 Å². The van der Waals surface area contributed by atoms with Gasteiger partial charge in [-0.1, -0.05) is 6.92 Å². The molecule has 1 aliphatic heterocycles. The highest BCUT2D eigenvalue weighted by Crippen LogP contribution is 2.17. The van der Waals surface area contributed by atoms with Crippen LogP contribution in [0.1, 0.15) is 32.6 Å². The lowest BCUT2D eigenvalue weighted by Gasteiger charge is -2.17. The summed E-state index contributed by atoms with van der Waals surface area (Å²) in [5.41, 5.74) is 0.968. The van der Waals surface area contributed by atoms with Crippen molar-refractivity contribution in [3.05, 3.63) is 22.6 Å². The maximum Gasteiger partial charge on any atom is 0.268 e. The molecule has 1 atom stereocenters. The van der Waals surface area contributed by atoms with Crippen molar-refractivity contribution in [3.63, 3.8) is 0 Å². The number of nitrogens with zero attached hydrogens (tertiary/aromatic N) is 3. The van der Waals surface area contributed by atoms with Crippen LogP contribution in [0.25, 0.3) is 0 Å². The first-order valence-corrected chi connectivity index (χ1v) is 7.62. The van der Waals surface area contributed by atoms with Gasteiger partial charge in [-0.15, -0.1) is 11.6 Å². The second-order valence-electron chi connectivity index (χ2n) is 5.34. The number of hydrogen-bond donors (Lipinski definition) is 0. The lowest BCUT2D eigenvalue weighted by atomic mass is 10.1. The summed E-state index contributed by atoms with van der Waals surface area (Å²) in [6.07, 6.45) is 6.17. The van der Waals surface area contributed by atoms with Crippen molar-refractivity contribution in [1.82, 2.24) is 9.78 Å². The summed E-state index contributed by atoms with van der Waals surface area (Å²) in [4.78, 5) is 14.2. The third kappa shape index (κ3) is 3.96. The van der Waals surface area contributed by atoms with E-state index in [1.807, 2.05) is 6.20 Å². The van der Waals surface area contributed by atoms with Crippen molar-refractivity contribution >= 4 is 17.3 Å². The normalized spacial score (nSPS) is 16.8. The van der Waals surface area contributed by atoms with Gasteiger partial charge in [0.1, 0.15) is 0 Å². The van der Waals surface area contributed by atoms with Gasteiger partial charge in [0.2, 0.25) is 0 Å². The molecule has 2 rings (SSSR count). The zero-order valence-corrected chi connectivity index (χ0v) is 12.3. The SMILES string of the molecule is CC(CCCl)CCn1ncc(N2CCCC2)cc1=O. The molecule has 0 N–H and O–H groups in total. The van der Waals surface area contributed by atoms with Crippen LogP contribution in [-0.2, 0) is 6.54 Å². The van der Waals surface area contributed by atoms with Crippen LogP contribution in [0.5, 0.6) is 0 Å². The highest BCUT2D eigenvalue weighted by molar-refractivity contribution is 6.17. The molecule has 0 aliphatic carbocycles. The molecule has 0 saturated carbocycles. The summed E-state index contributed by atoms with van der Waals surface area (Å²) in [6.45, 7) is 4.92. The third-order valence-electron chi connectivity index (χ3n) is 3.76. The Kier molecular flexibility index (Phi) is 5.25. The maximum atomic E-state index is 12.0. The molecule has 1 aromatic heterocycles. The van der Waals surface area contributed by atoms with E-state index >= 15 is 0 Å². The Morgan fingerprint density at radius 2 is 2.11 bits per heavy atom. The van der Waals surface area contributed by atoms with Gasteiger partial charge in [-0.2, -0.15) is 5.10 Å². The van der Waals surface area contributed by atoms with Gasteiger partial charge >= 0.3 is 0 Å². The predicted molar refractivity (Wildman–Crippen MR) is 79.1 cm³/mol. The van der Waals surface area contributed by atoms with E-state index in [0.717, 1.165) is 31.6 Å². The monoisotopic (exact) mass is 283 g/mol. The summed E-state index contributed by atoms with van der Waals surface area (Å²) in [7, 11) is 0. The molecular weight excluding hydrogens is 262 g/mol. The second kappa shape index (κ2) is 6.94. The van der Waals surface area contributed by atoms with Crippen molar-refractivity contribution in [2.75, 3.05) is 23.9 Å². The molecule has 0 amide bonds.